The number of piperidine rings is 1. The molecule has 21 heavy (non-hydrogen) atoms. The molecule has 1 saturated carbocycles. The van der Waals surface area contributed by atoms with Gasteiger partial charge in [-0.1, -0.05) is 23.2 Å². The molecule has 0 bridgehead atoms. The number of benzene rings is 1. The van der Waals surface area contributed by atoms with Gasteiger partial charge >= 0.3 is 0 Å². The molecular formula is C16H19Cl2NO2. The van der Waals surface area contributed by atoms with Crippen molar-refractivity contribution >= 4 is 29.1 Å². The van der Waals surface area contributed by atoms with Gasteiger partial charge in [-0.15, -0.1) is 0 Å². The first-order valence-electron chi connectivity index (χ1n) is 7.44. The van der Waals surface area contributed by atoms with Gasteiger partial charge in [-0.2, -0.15) is 0 Å². The Labute approximate surface area is 134 Å². The molecule has 3 nitrogen and oxygen atoms in total. The summed E-state index contributed by atoms with van der Waals surface area (Å²) in [6, 6.07) is 5.51. The number of aliphatic hydroxyl groups is 1. The van der Waals surface area contributed by atoms with Gasteiger partial charge in [-0.25, -0.2) is 0 Å². The van der Waals surface area contributed by atoms with E-state index in [1.54, 1.807) is 6.07 Å². The Morgan fingerprint density at radius 3 is 2.67 bits per heavy atom. The second-order valence-corrected chi connectivity index (χ2v) is 7.00. The third-order valence-corrected chi connectivity index (χ3v) is 4.95. The highest BCUT2D eigenvalue weighted by atomic mass is 35.5. The van der Waals surface area contributed by atoms with Gasteiger partial charge in [0.15, 0.2) is 0 Å². The molecule has 5 heteroatoms. The number of aliphatic hydroxyl groups excluding tert-OH is 1. The van der Waals surface area contributed by atoms with E-state index in [4.69, 9.17) is 23.2 Å². The molecule has 0 spiro atoms. The lowest BCUT2D eigenvalue weighted by atomic mass is 9.98. The van der Waals surface area contributed by atoms with E-state index < -0.39 is 0 Å². The monoisotopic (exact) mass is 327 g/mol. The maximum Gasteiger partial charge on any atom is 0.226 e. The molecule has 0 radical (unpaired) electrons. The molecule has 114 valence electrons. The zero-order chi connectivity index (χ0) is 15.0. The predicted octanol–water partition coefficient (Wildman–Crippen LogP) is 3.33. The summed E-state index contributed by atoms with van der Waals surface area (Å²) < 4.78 is 0. The Morgan fingerprint density at radius 1 is 1.29 bits per heavy atom. The first kappa shape index (κ1) is 15.1. The Hall–Kier alpha value is -0.770. The van der Waals surface area contributed by atoms with Gasteiger partial charge in [0.2, 0.25) is 5.91 Å². The van der Waals surface area contributed by atoms with Gasteiger partial charge in [0.25, 0.3) is 0 Å². The Balaban J connectivity index is 1.65. The molecule has 2 fully saturated rings. The summed E-state index contributed by atoms with van der Waals surface area (Å²) in [5, 5.41) is 10.5. The van der Waals surface area contributed by atoms with Gasteiger partial charge in [-0.05, 0) is 54.9 Å². The topological polar surface area (TPSA) is 40.5 Å². The van der Waals surface area contributed by atoms with Gasteiger partial charge in [0.05, 0.1) is 0 Å². The number of carbonyl (C=O) groups is 1. The fourth-order valence-electron chi connectivity index (χ4n) is 3.27. The number of halogens is 2. The van der Waals surface area contributed by atoms with Gasteiger partial charge in [0.1, 0.15) is 0 Å². The van der Waals surface area contributed by atoms with E-state index in [-0.39, 0.29) is 30.3 Å². The minimum absolute atomic E-state index is 0.0528. The molecule has 1 heterocycles. The predicted molar refractivity (Wildman–Crippen MR) is 83.7 cm³/mol. The van der Waals surface area contributed by atoms with Crippen LogP contribution in [0.5, 0.6) is 0 Å². The van der Waals surface area contributed by atoms with Crippen molar-refractivity contribution in [3.8, 4) is 0 Å². The number of rotatable bonds is 3. The Bertz CT molecular complexity index is 529. The maximum absolute atomic E-state index is 12.6. The molecule has 1 saturated heterocycles. The van der Waals surface area contributed by atoms with E-state index in [0.717, 1.165) is 31.4 Å². The molecular weight excluding hydrogens is 309 g/mol. The van der Waals surface area contributed by atoms with Crippen LogP contribution in [0.25, 0.3) is 0 Å². The van der Waals surface area contributed by atoms with Crippen molar-refractivity contribution in [3.05, 3.63) is 33.8 Å². The van der Waals surface area contributed by atoms with Crippen molar-refractivity contribution in [2.24, 2.45) is 11.8 Å². The first-order valence-corrected chi connectivity index (χ1v) is 8.19. The van der Waals surface area contributed by atoms with Crippen LogP contribution in [-0.2, 0) is 4.79 Å². The first-order chi connectivity index (χ1) is 10.1. The summed E-state index contributed by atoms with van der Waals surface area (Å²) in [5.74, 6) is 0.745. The number of carbonyl (C=O) groups excluding carboxylic acids is 1. The summed E-state index contributed by atoms with van der Waals surface area (Å²) in [4.78, 5) is 14.5. The summed E-state index contributed by atoms with van der Waals surface area (Å²) in [6.07, 6.45) is 2.87. The van der Waals surface area contributed by atoms with Crippen LogP contribution < -0.4 is 0 Å². The summed E-state index contributed by atoms with van der Waals surface area (Å²) in [6.45, 7) is 1.67. The molecule has 1 aromatic rings. The highest BCUT2D eigenvalue weighted by molar-refractivity contribution is 6.34. The van der Waals surface area contributed by atoms with E-state index in [2.05, 4.69) is 0 Å². The Kier molecular flexibility index (Phi) is 4.43. The second kappa shape index (κ2) is 6.15. The van der Waals surface area contributed by atoms with Crippen molar-refractivity contribution in [2.75, 3.05) is 19.7 Å². The summed E-state index contributed by atoms with van der Waals surface area (Å²) >= 11 is 12.1. The van der Waals surface area contributed by atoms with Crippen LogP contribution in [0, 0.1) is 11.8 Å². The summed E-state index contributed by atoms with van der Waals surface area (Å²) in [5.41, 5.74) is 1.06. The SMILES string of the molecule is O=C(C1CC1c1cc(Cl)cc(Cl)c1)N1CCCC(CO)C1. The molecule has 3 unspecified atom stereocenters. The zero-order valence-electron chi connectivity index (χ0n) is 11.8. The zero-order valence-corrected chi connectivity index (χ0v) is 13.3. The van der Waals surface area contributed by atoms with Crippen molar-refractivity contribution in [3.63, 3.8) is 0 Å². The number of hydrogen-bond acceptors (Lipinski definition) is 2. The number of likely N-dealkylation sites (tertiary alicyclic amines) is 1. The summed E-state index contributed by atoms with van der Waals surface area (Å²) in [7, 11) is 0. The van der Waals surface area contributed by atoms with E-state index in [1.165, 1.54) is 0 Å². The molecule has 1 aromatic carbocycles. The molecule has 1 aliphatic carbocycles. The van der Waals surface area contributed by atoms with Crippen LogP contribution in [0.15, 0.2) is 18.2 Å². The van der Waals surface area contributed by atoms with Crippen molar-refractivity contribution < 1.29 is 9.90 Å². The van der Waals surface area contributed by atoms with Crippen LogP contribution in [-0.4, -0.2) is 35.6 Å². The third-order valence-electron chi connectivity index (χ3n) is 4.51. The molecule has 3 atom stereocenters. The number of amides is 1. The van der Waals surface area contributed by atoms with Gasteiger partial charge < -0.3 is 10.0 Å². The quantitative estimate of drug-likeness (QED) is 0.925. The lowest BCUT2D eigenvalue weighted by Gasteiger charge is -2.32. The van der Waals surface area contributed by atoms with Crippen LogP contribution in [0.3, 0.4) is 0 Å². The van der Waals surface area contributed by atoms with Gasteiger partial charge in [-0.3, -0.25) is 4.79 Å². The van der Waals surface area contributed by atoms with Crippen LogP contribution in [0.1, 0.15) is 30.7 Å². The minimum atomic E-state index is 0.0528. The van der Waals surface area contributed by atoms with Crippen LogP contribution >= 0.6 is 23.2 Å². The highest BCUT2D eigenvalue weighted by Gasteiger charge is 2.46. The van der Waals surface area contributed by atoms with Gasteiger partial charge in [0, 0.05) is 35.7 Å². The van der Waals surface area contributed by atoms with E-state index in [0.29, 0.717) is 16.6 Å². The average molecular weight is 328 g/mol. The normalized spacial score (nSPS) is 28.5. The van der Waals surface area contributed by atoms with E-state index >= 15 is 0 Å². The van der Waals surface area contributed by atoms with Crippen molar-refractivity contribution in [1.82, 2.24) is 4.90 Å². The van der Waals surface area contributed by atoms with Crippen molar-refractivity contribution in [1.29, 1.82) is 0 Å². The fraction of sp³-hybridized carbons (Fsp3) is 0.562. The van der Waals surface area contributed by atoms with Crippen molar-refractivity contribution in [2.45, 2.75) is 25.2 Å². The number of nitrogens with zero attached hydrogens (tertiary/aromatic N) is 1. The van der Waals surface area contributed by atoms with E-state index in [1.807, 2.05) is 17.0 Å². The maximum atomic E-state index is 12.6. The molecule has 2 aliphatic rings. The third kappa shape index (κ3) is 3.36. The smallest absolute Gasteiger partial charge is 0.226 e. The minimum Gasteiger partial charge on any atom is -0.396 e. The molecule has 1 N–H and O–H groups in total. The second-order valence-electron chi connectivity index (χ2n) is 6.13. The number of hydrogen-bond donors (Lipinski definition) is 1. The molecule has 0 aromatic heterocycles. The molecule has 3 rings (SSSR count). The Morgan fingerprint density at radius 2 is 2.00 bits per heavy atom. The lowest BCUT2D eigenvalue weighted by molar-refractivity contribution is -0.134. The largest absolute Gasteiger partial charge is 0.396 e. The fourth-order valence-corrected chi connectivity index (χ4v) is 3.82. The van der Waals surface area contributed by atoms with Crippen LogP contribution in [0.4, 0.5) is 0 Å². The lowest BCUT2D eigenvalue weighted by Crippen LogP contribution is -2.41. The average Bonchev–Trinajstić information content (AvgIpc) is 3.26. The highest BCUT2D eigenvalue weighted by Crippen LogP contribution is 2.49. The van der Waals surface area contributed by atoms with E-state index in [9.17, 15) is 9.90 Å². The molecule has 1 amide bonds. The molecule has 1 aliphatic heterocycles. The van der Waals surface area contributed by atoms with Crippen LogP contribution in [0.2, 0.25) is 10.0 Å². The standard InChI is InChI=1S/C16H19Cl2NO2/c17-12-4-11(5-13(18)6-12)14-7-15(14)16(21)19-3-1-2-10(8-19)9-20/h4-6,10,14-15,20H,1-3,7-9H2.